The van der Waals surface area contributed by atoms with E-state index in [1.54, 1.807) is 54.6 Å². The van der Waals surface area contributed by atoms with Crippen molar-refractivity contribution in [3.8, 4) is 11.5 Å². The van der Waals surface area contributed by atoms with Gasteiger partial charge >= 0.3 is 0 Å². The number of amides is 1. The SMILES string of the molecule is COc1ccccc1NS(=O)(=O)c1cccc(NC(=O)COc2ccccc2Cl)c1. The molecule has 3 aromatic carbocycles. The van der Waals surface area contributed by atoms with Crippen molar-refractivity contribution in [1.82, 2.24) is 0 Å². The van der Waals surface area contributed by atoms with Gasteiger partial charge in [0.2, 0.25) is 0 Å². The molecule has 0 bridgehead atoms. The van der Waals surface area contributed by atoms with E-state index in [4.69, 9.17) is 21.1 Å². The number of para-hydroxylation sites is 3. The lowest BCUT2D eigenvalue weighted by atomic mass is 10.3. The topological polar surface area (TPSA) is 93.7 Å². The van der Waals surface area contributed by atoms with Crippen LogP contribution in [0, 0.1) is 0 Å². The molecule has 0 atom stereocenters. The quantitative estimate of drug-likeness (QED) is 0.541. The molecule has 2 N–H and O–H groups in total. The first-order chi connectivity index (χ1) is 14.4. The largest absolute Gasteiger partial charge is 0.495 e. The van der Waals surface area contributed by atoms with Gasteiger partial charge in [-0.2, -0.15) is 0 Å². The monoisotopic (exact) mass is 446 g/mol. The van der Waals surface area contributed by atoms with E-state index in [2.05, 4.69) is 10.0 Å². The molecule has 3 aromatic rings. The second-order valence-electron chi connectivity index (χ2n) is 6.10. The number of carbonyl (C=O) groups excluding carboxylic acids is 1. The molecular formula is C21H19ClN2O5S. The van der Waals surface area contributed by atoms with Gasteiger partial charge in [0.25, 0.3) is 15.9 Å². The summed E-state index contributed by atoms with van der Waals surface area (Å²) in [7, 11) is -2.44. The fourth-order valence-electron chi connectivity index (χ4n) is 2.58. The Balaban J connectivity index is 1.69. The van der Waals surface area contributed by atoms with E-state index >= 15 is 0 Å². The molecule has 0 aliphatic heterocycles. The lowest BCUT2D eigenvalue weighted by Gasteiger charge is -2.13. The minimum Gasteiger partial charge on any atom is -0.495 e. The van der Waals surface area contributed by atoms with Crippen LogP contribution in [0.25, 0.3) is 0 Å². The number of halogens is 1. The van der Waals surface area contributed by atoms with E-state index in [-0.39, 0.29) is 11.5 Å². The first kappa shape index (κ1) is 21.5. The zero-order chi connectivity index (χ0) is 21.6. The predicted octanol–water partition coefficient (Wildman–Crippen LogP) is 4.17. The van der Waals surface area contributed by atoms with Gasteiger partial charge in [0.1, 0.15) is 11.5 Å². The van der Waals surface area contributed by atoms with E-state index in [1.807, 2.05) is 0 Å². The van der Waals surface area contributed by atoms with Crippen LogP contribution < -0.4 is 19.5 Å². The second kappa shape index (κ2) is 9.51. The Labute approximate surface area is 179 Å². The van der Waals surface area contributed by atoms with Crippen LogP contribution in [-0.4, -0.2) is 28.0 Å². The molecule has 0 aliphatic carbocycles. The summed E-state index contributed by atoms with van der Waals surface area (Å²) >= 11 is 5.99. The number of methoxy groups -OCH3 is 1. The fraction of sp³-hybridized carbons (Fsp3) is 0.0952. The standard InChI is InChI=1S/C21H19ClN2O5S/c1-28-20-12-5-3-10-18(20)24-30(26,27)16-8-6-7-15(13-16)23-21(25)14-29-19-11-4-2-9-17(19)22/h2-13,24H,14H2,1H3,(H,23,25). The number of rotatable bonds is 8. The number of anilines is 2. The van der Waals surface area contributed by atoms with Crippen molar-refractivity contribution in [2.45, 2.75) is 4.90 Å². The van der Waals surface area contributed by atoms with Gasteiger partial charge < -0.3 is 14.8 Å². The fourth-order valence-corrected chi connectivity index (χ4v) is 3.88. The molecule has 1 amide bonds. The molecule has 0 saturated heterocycles. The van der Waals surface area contributed by atoms with Crippen LogP contribution in [0.2, 0.25) is 5.02 Å². The Bertz CT molecular complexity index is 1150. The van der Waals surface area contributed by atoms with Crippen molar-refractivity contribution in [2.75, 3.05) is 23.8 Å². The van der Waals surface area contributed by atoms with E-state index in [0.717, 1.165) is 0 Å². The number of ether oxygens (including phenoxy) is 2. The summed E-state index contributed by atoms with van der Waals surface area (Å²) in [5.41, 5.74) is 0.619. The third kappa shape index (κ3) is 5.43. The average molecular weight is 447 g/mol. The molecule has 156 valence electrons. The van der Waals surface area contributed by atoms with Gasteiger partial charge in [-0.1, -0.05) is 41.9 Å². The second-order valence-corrected chi connectivity index (χ2v) is 8.19. The Hall–Kier alpha value is -3.23. The maximum absolute atomic E-state index is 12.7. The molecule has 0 radical (unpaired) electrons. The number of sulfonamides is 1. The summed E-state index contributed by atoms with van der Waals surface area (Å²) in [5.74, 6) is 0.316. The Morgan fingerprint density at radius 2 is 1.67 bits per heavy atom. The summed E-state index contributed by atoms with van der Waals surface area (Å²) in [6, 6.07) is 19.3. The number of carbonyl (C=O) groups is 1. The number of hydrogen-bond acceptors (Lipinski definition) is 5. The minimum absolute atomic E-state index is 0.0155. The van der Waals surface area contributed by atoms with Gasteiger partial charge in [0.05, 0.1) is 22.7 Å². The van der Waals surface area contributed by atoms with E-state index in [1.165, 1.54) is 25.3 Å². The Kier molecular flexibility index (Phi) is 6.81. The summed E-state index contributed by atoms with van der Waals surface area (Å²) in [6.45, 7) is -0.278. The molecule has 0 aliphatic rings. The summed E-state index contributed by atoms with van der Waals surface area (Å²) in [4.78, 5) is 12.2. The van der Waals surface area contributed by atoms with Crippen molar-refractivity contribution in [1.29, 1.82) is 0 Å². The highest BCUT2D eigenvalue weighted by Crippen LogP contribution is 2.27. The van der Waals surface area contributed by atoms with E-state index < -0.39 is 15.9 Å². The smallest absolute Gasteiger partial charge is 0.262 e. The highest BCUT2D eigenvalue weighted by molar-refractivity contribution is 7.92. The maximum atomic E-state index is 12.7. The number of nitrogens with one attached hydrogen (secondary N) is 2. The highest BCUT2D eigenvalue weighted by atomic mass is 35.5. The van der Waals surface area contributed by atoms with Gasteiger partial charge in [0.15, 0.2) is 6.61 Å². The third-order valence-electron chi connectivity index (χ3n) is 3.97. The Morgan fingerprint density at radius 3 is 2.40 bits per heavy atom. The van der Waals surface area contributed by atoms with Crippen LogP contribution in [0.15, 0.2) is 77.7 Å². The number of hydrogen-bond donors (Lipinski definition) is 2. The third-order valence-corrected chi connectivity index (χ3v) is 5.65. The van der Waals surface area contributed by atoms with Crippen LogP contribution in [0.3, 0.4) is 0 Å². The molecule has 0 aromatic heterocycles. The van der Waals surface area contributed by atoms with E-state index in [9.17, 15) is 13.2 Å². The predicted molar refractivity (Wildman–Crippen MR) is 116 cm³/mol. The summed E-state index contributed by atoms with van der Waals surface area (Å²) in [5, 5.41) is 3.00. The van der Waals surface area contributed by atoms with Gasteiger partial charge in [-0.15, -0.1) is 0 Å². The molecule has 0 fully saturated rings. The van der Waals surface area contributed by atoms with Crippen molar-refractivity contribution >= 4 is 38.9 Å². The van der Waals surface area contributed by atoms with Gasteiger partial charge in [-0.3, -0.25) is 9.52 Å². The normalized spacial score (nSPS) is 10.9. The van der Waals surface area contributed by atoms with Crippen LogP contribution >= 0.6 is 11.6 Å². The van der Waals surface area contributed by atoms with Crippen LogP contribution in [0.1, 0.15) is 0 Å². The Morgan fingerprint density at radius 1 is 0.967 bits per heavy atom. The van der Waals surface area contributed by atoms with Crippen molar-refractivity contribution in [2.24, 2.45) is 0 Å². The molecule has 3 rings (SSSR count). The lowest BCUT2D eigenvalue weighted by molar-refractivity contribution is -0.118. The molecular weight excluding hydrogens is 428 g/mol. The molecule has 0 spiro atoms. The summed E-state index contributed by atoms with van der Waals surface area (Å²) in [6.07, 6.45) is 0. The average Bonchev–Trinajstić information content (AvgIpc) is 2.73. The molecule has 0 heterocycles. The molecule has 7 nitrogen and oxygen atoms in total. The molecule has 0 unspecified atom stereocenters. The molecule has 0 saturated carbocycles. The van der Waals surface area contributed by atoms with Crippen LogP contribution in [0.4, 0.5) is 11.4 Å². The lowest BCUT2D eigenvalue weighted by Crippen LogP contribution is -2.20. The van der Waals surface area contributed by atoms with E-state index in [0.29, 0.717) is 27.9 Å². The van der Waals surface area contributed by atoms with Gasteiger partial charge in [-0.05, 0) is 42.5 Å². The van der Waals surface area contributed by atoms with Crippen molar-refractivity contribution in [3.05, 3.63) is 77.8 Å². The highest BCUT2D eigenvalue weighted by Gasteiger charge is 2.17. The first-order valence-electron chi connectivity index (χ1n) is 8.82. The van der Waals surface area contributed by atoms with Gasteiger partial charge in [0, 0.05) is 5.69 Å². The van der Waals surface area contributed by atoms with Crippen molar-refractivity contribution < 1.29 is 22.7 Å². The minimum atomic E-state index is -3.90. The van der Waals surface area contributed by atoms with Crippen LogP contribution in [-0.2, 0) is 14.8 Å². The zero-order valence-corrected chi connectivity index (χ0v) is 17.5. The maximum Gasteiger partial charge on any atom is 0.262 e. The van der Waals surface area contributed by atoms with Gasteiger partial charge in [-0.25, -0.2) is 8.42 Å². The molecule has 9 heteroatoms. The number of benzene rings is 3. The first-order valence-corrected chi connectivity index (χ1v) is 10.7. The summed E-state index contributed by atoms with van der Waals surface area (Å²) < 4.78 is 38.5. The van der Waals surface area contributed by atoms with Crippen LogP contribution in [0.5, 0.6) is 11.5 Å². The molecule has 30 heavy (non-hydrogen) atoms. The zero-order valence-electron chi connectivity index (χ0n) is 16.0. The van der Waals surface area contributed by atoms with Crippen molar-refractivity contribution in [3.63, 3.8) is 0 Å².